The molecule has 2 rings (SSSR count). The van der Waals surface area contributed by atoms with Gasteiger partial charge in [0.2, 0.25) is 0 Å². The molecule has 1 amide bonds. The first kappa shape index (κ1) is 17.4. The third-order valence-corrected chi connectivity index (χ3v) is 3.86. The topological polar surface area (TPSA) is 50.8 Å². The Kier molecular flexibility index (Phi) is 5.39. The van der Waals surface area contributed by atoms with Crippen LogP contribution in [0.25, 0.3) is 0 Å². The molecule has 0 atom stereocenters. The van der Waals surface area contributed by atoms with E-state index in [9.17, 15) is 4.79 Å². The van der Waals surface area contributed by atoms with Crippen LogP contribution in [0.15, 0.2) is 18.2 Å². The number of hydrogen-bond donors (Lipinski definition) is 1. The van der Waals surface area contributed by atoms with E-state index in [1.54, 1.807) is 12.0 Å². The first-order valence-electron chi connectivity index (χ1n) is 8.17. The minimum absolute atomic E-state index is 0.219. The van der Waals surface area contributed by atoms with Crippen molar-refractivity contribution in [2.24, 2.45) is 0 Å². The van der Waals surface area contributed by atoms with Crippen LogP contribution >= 0.6 is 0 Å². The second kappa shape index (κ2) is 7.11. The molecular weight excluding hydrogens is 292 g/mol. The average Bonchev–Trinajstić information content (AvgIpc) is 2.48. The first-order valence-corrected chi connectivity index (χ1v) is 8.17. The molecule has 1 N–H and O–H groups in total. The maximum absolute atomic E-state index is 12.1. The highest BCUT2D eigenvalue weighted by Crippen LogP contribution is 2.28. The molecule has 1 saturated heterocycles. The van der Waals surface area contributed by atoms with Crippen LogP contribution in [-0.2, 0) is 4.74 Å². The Labute approximate surface area is 139 Å². The Hall–Kier alpha value is -1.91. The lowest BCUT2D eigenvalue weighted by Gasteiger charge is -2.34. The number of hydrogen-bond acceptors (Lipinski definition) is 4. The summed E-state index contributed by atoms with van der Waals surface area (Å²) in [5.74, 6) is 0.861. The average molecular weight is 320 g/mol. The molecule has 0 aliphatic carbocycles. The molecule has 0 spiro atoms. The lowest BCUT2D eigenvalue weighted by molar-refractivity contribution is 0.0210. The lowest BCUT2D eigenvalue weighted by Crippen LogP contribution is -2.44. The summed E-state index contributed by atoms with van der Waals surface area (Å²) in [6.07, 6.45) is 1.58. The number of amides is 1. The highest BCUT2D eigenvalue weighted by Gasteiger charge is 2.27. The van der Waals surface area contributed by atoms with E-state index in [4.69, 9.17) is 9.47 Å². The number of rotatable bonds is 3. The van der Waals surface area contributed by atoms with Gasteiger partial charge in [0, 0.05) is 19.1 Å². The fourth-order valence-corrected chi connectivity index (χ4v) is 2.67. The van der Waals surface area contributed by atoms with E-state index in [2.05, 4.69) is 17.4 Å². The SMILES string of the molecule is COc1cc(C)ccc1NC1CCN(C(=O)OC(C)(C)C)CC1. The van der Waals surface area contributed by atoms with Crippen LogP contribution in [0.5, 0.6) is 5.75 Å². The van der Waals surface area contributed by atoms with E-state index in [1.807, 2.05) is 33.8 Å². The number of methoxy groups -OCH3 is 1. The van der Waals surface area contributed by atoms with Crippen molar-refractivity contribution in [2.45, 2.75) is 52.2 Å². The Bertz CT molecular complexity index is 544. The second-order valence-corrected chi connectivity index (χ2v) is 7.09. The van der Waals surface area contributed by atoms with Gasteiger partial charge in [0.15, 0.2) is 0 Å². The van der Waals surface area contributed by atoms with Crippen LogP contribution in [0.2, 0.25) is 0 Å². The van der Waals surface area contributed by atoms with Gasteiger partial charge in [-0.3, -0.25) is 0 Å². The zero-order valence-corrected chi connectivity index (χ0v) is 14.8. The molecule has 5 nitrogen and oxygen atoms in total. The number of carbonyl (C=O) groups is 1. The smallest absolute Gasteiger partial charge is 0.410 e. The van der Waals surface area contributed by atoms with Gasteiger partial charge in [-0.05, 0) is 58.2 Å². The Morgan fingerprint density at radius 1 is 1.26 bits per heavy atom. The maximum Gasteiger partial charge on any atom is 0.410 e. The summed E-state index contributed by atoms with van der Waals surface area (Å²) in [6.45, 7) is 9.14. The number of aryl methyl sites for hydroxylation is 1. The molecule has 0 aromatic heterocycles. The molecule has 1 aliphatic rings. The Morgan fingerprint density at radius 3 is 2.48 bits per heavy atom. The zero-order chi connectivity index (χ0) is 17.0. The number of nitrogens with one attached hydrogen (secondary N) is 1. The van der Waals surface area contributed by atoms with Gasteiger partial charge in [-0.15, -0.1) is 0 Å². The number of likely N-dealkylation sites (tertiary alicyclic amines) is 1. The van der Waals surface area contributed by atoms with E-state index in [0.29, 0.717) is 19.1 Å². The van der Waals surface area contributed by atoms with E-state index in [0.717, 1.165) is 24.3 Å². The predicted molar refractivity (Wildman–Crippen MR) is 92.2 cm³/mol. The van der Waals surface area contributed by atoms with Gasteiger partial charge in [0.1, 0.15) is 11.4 Å². The minimum Gasteiger partial charge on any atom is -0.495 e. The number of nitrogens with zero attached hydrogens (tertiary/aromatic N) is 1. The maximum atomic E-state index is 12.1. The van der Waals surface area contributed by atoms with Crippen molar-refractivity contribution in [1.82, 2.24) is 4.90 Å². The molecular formula is C18H28N2O3. The summed E-state index contributed by atoms with van der Waals surface area (Å²) in [5, 5.41) is 3.53. The predicted octanol–water partition coefficient (Wildman–Crippen LogP) is 3.82. The fraction of sp³-hybridized carbons (Fsp3) is 0.611. The molecule has 0 saturated carbocycles. The highest BCUT2D eigenvalue weighted by molar-refractivity contribution is 5.68. The molecule has 1 fully saturated rings. The number of piperidine rings is 1. The Balaban J connectivity index is 1.89. The molecule has 128 valence electrons. The van der Waals surface area contributed by atoms with Gasteiger partial charge in [-0.2, -0.15) is 0 Å². The van der Waals surface area contributed by atoms with Crippen molar-refractivity contribution in [3.63, 3.8) is 0 Å². The van der Waals surface area contributed by atoms with Gasteiger partial charge >= 0.3 is 6.09 Å². The van der Waals surface area contributed by atoms with Crippen molar-refractivity contribution < 1.29 is 14.3 Å². The first-order chi connectivity index (χ1) is 10.8. The van der Waals surface area contributed by atoms with E-state index >= 15 is 0 Å². The lowest BCUT2D eigenvalue weighted by atomic mass is 10.0. The van der Waals surface area contributed by atoms with Gasteiger partial charge in [0.25, 0.3) is 0 Å². The summed E-state index contributed by atoms with van der Waals surface area (Å²) in [5.41, 5.74) is 1.74. The molecule has 1 heterocycles. The van der Waals surface area contributed by atoms with Crippen molar-refractivity contribution in [2.75, 3.05) is 25.5 Å². The van der Waals surface area contributed by atoms with Crippen LogP contribution in [0, 0.1) is 6.92 Å². The summed E-state index contributed by atoms with van der Waals surface area (Å²) in [4.78, 5) is 13.9. The molecule has 23 heavy (non-hydrogen) atoms. The van der Waals surface area contributed by atoms with Crippen molar-refractivity contribution >= 4 is 11.8 Å². The van der Waals surface area contributed by atoms with Gasteiger partial charge in [0.05, 0.1) is 12.8 Å². The normalized spacial score (nSPS) is 16.1. The van der Waals surface area contributed by atoms with Crippen LogP contribution in [0.1, 0.15) is 39.2 Å². The second-order valence-electron chi connectivity index (χ2n) is 7.09. The number of benzene rings is 1. The van der Waals surface area contributed by atoms with E-state index in [1.165, 1.54) is 5.56 Å². The van der Waals surface area contributed by atoms with Crippen molar-refractivity contribution in [1.29, 1.82) is 0 Å². The molecule has 0 radical (unpaired) electrons. The van der Waals surface area contributed by atoms with Gasteiger partial charge in [-0.1, -0.05) is 6.07 Å². The molecule has 1 aromatic carbocycles. The Morgan fingerprint density at radius 2 is 1.91 bits per heavy atom. The monoisotopic (exact) mass is 320 g/mol. The standard InChI is InChI=1S/C18H28N2O3/c1-13-6-7-15(16(12-13)22-5)19-14-8-10-20(11-9-14)17(21)23-18(2,3)4/h6-7,12,14,19H,8-11H2,1-5H3. The van der Waals surface area contributed by atoms with Crippen LogP contribution in [0.4, 0.5) is 10.5 Å². The number of anilines is 1. The zero-order valence-electron chi connectivity index (χ0n) is 14.8. The third kappa shape index (κ3) is 5.05. The number of carbonyl (C=O) groups excluding carboxylic acids is 1. The van der Waals surface area contributed by atoms with Gasteiger partial charge < -0.3 is 19.7 Å². The third-order valence-electron chi connectivity index (χ3n) is 3.86. The molecule has 1 aromatic rings. The van der Waals surface area contributed by atoms with Crippen molar-refractivity contribution in [3.05, 3.63) is 23.8 Å². The van der Waals surface area contributed by atoms with Gasteiger partial charge in [-0.25, -0.2) is 4.79 Å². The number of ether oxygens (including phenoxy) is 2. The van der Waals surface area contributed by atoms with Crippen LogP contribution in [0.3, 0.4) is 0 Å². The molecule has 5 heteroatoms. The minimum atomic E-state index is -0.443. The summed E-state index contributed by atoms with van der Waals surface area (Å²) < 4.78 is 10.9. The summed E-state index contributed by atoms with van der Waals surface area (Å²) in [7, 11) is 1.69. The summed E-state index contributed by atoms with van der Waals surface area (Å²) >= 11 is 0. The molecule has 1 aliphatic heterocycles. The van der Waals surface area contributed by atoms with Crippen LogP contribution < -0.4 is 10.1 Å². The summed E-state index contributed by atoms with van der Waals surface area (Å²) in [6, 6.07) is 6.48. The molecule has 0 bridgehead atoms. The fourth-order valence-electron chi connectivity index (χ4n) is 2.67. The van der Waals surface area contributed by atoms with Crippen LogP contribution in [-0.4, -0.2) is 42.8 Å². The van der Waals surface area contributed by atoms with E-state index < -0.39 is 5.60 Å². The van der Waals surface area contributed by atoms with E-state index in [-0.39, 0.29) is 6.09 Å². The highest BCUT2D eigenvalue weighted by atomic mass is 16.6. The quantitative estimate of drug-likeness (QED) is 0.920. The largest absolute Gasteiger partial charge is 0.495 e. The van der Waals surface area contributed by atoms with Crippen molar-refractivity contribution in [3.8, 4) is 5.75 Å². The molecule has 0 unspecified atom stereocenters.